The second-order valence-corrected chi connectivity index (χ2v) is 8.20. The Labute approximate surface area is 129 Å². The highest BCUT2D eigenvalue weighted by molar-refractivity contribution is 7.91. The highest BCUT2D eigenvalue weighted by atomic mass is 32.2. The number of hydrogen-bond donors (Lipinski definition) is 0. The van der Waals surface area contributed by atoms with E-state index >= 15 is 0 Å². The Morgan fingerprint density at radius 1 is 1.50 bits per heavy atom. The second-order valence-electron chi connectivity index (χ2n) is 5.97. The maximum Gasteiger partial charge on any atom is 0.258 e. The monoisotopic (exact) mass is 322 g/mol. The van der Waals surface area contributed by atoms with Gasteiger partial charge in [-0.25, -0.2) is 8.42 Å². The van der Waals surface area contributed by atoms with Gasteiger partial charge in [-0.15, -0.1) is 0 Å². The van der Waals surface area contributed by atoms with Gasteiger partial charge in [-0.3, -0.25) is 9.48 Å². The molecule has 0 spiro atoms. The molecule has 1 saturated carbocycles. The summed E-state index contributed by atoms with van der Waals surface area (Å²) in [5, 5.41) is 13.1. The normalized spacial score (nSPS) is 23.2. The van der Waals surface area contributed by atoms with E-state index in [1.54, 1.807) is 16.5 Å². The first-order valence-electron chi connectivity index (χ1n) is 7.35. The topological polar surface area (TPSA) is 96.1 Å². The number of hydrogen-bond acceptors (Lipinski definition) is 5. The van der Waals surface area contributed by atoms with Gasteiger partial charge in [0.15, 0.2) is 9.84 Å². The molecule has 1 atom stereocenters. The number of nitriles is 1. The van der Waals surface area contributed by atoms with Crippen molar-refractivity contribution >= 4 is 15.7 Å². The molecule has 0 aromatic carbocycles. The van der Waals surface area contributed by atoms with Crippen LogP contribution in [0.3, 0.4) is 0 Å². The van der Waals surface area contributed by atoms with E-state index in [1.165, 1.54) is 6.20 Å². The van der Waals surface area contributed by atoms with Gasteiger partial charge in [0.2, 0.25) is 0 Å². The van der Waals surface area contributed by atoms with Crippen LogP contribution in [0.1, 0.15) is 41.4 Å². The van der Waals surface area contributed by atoms with Crippen molar-refractivity contribution in [2.45, 2.75) is 38.3 Å². The van der Waals surface area contributed by atoms with Crippen LogP contribution in [0.5, 0.6) is 0 Å². The van der Waals surface area contributed by atoms with E-state index < -0.39 is 9.84 Å². The van der Waals surface area contributed by atoms with Crippen LogP contribution in [0.4, 0.5) is 0 Å². The summed E-state index contributed by atoms with van der Waals surface area (Å²) in [6.07, 6.45) is 3.89. The summed E-state index contributed by atoms with van der Waals surface area (Å²) in [6, 6.07) is 1.99. The predicted octanol–water partition coefficient (Wildman–Crippen LogP) is 0.679. The third kappa shape index (κ3) is 2.73. The van der Waals surface area contributed by atoms with Gasteiger partial charge in [0.25, 0.3) is 5.91 Å². The molecule has 1 aromatic heterocycles. The predicted molar refractivity (Wildman–Crippen MR) is 78.9 cm³/mol. The SMILES string of the molecule is Cc1c(C(=O)N(CC#N)C2CC2)cnn1C1CCS(=O)(=O)C1. The van der Waals surface area contributed by atoms with E-state index in [4.69, 9.17) is 5.26 Å². The Balaban J connectivity index is 1.84. The van der Waals surface area contributed by atoms with Gasteiger partial charge in [-0.1, -0.05) is 0 Å². The molecule has 1 aliphatic heterocycles. The summed E-state index contributed by atoms with van der Waals surface area (Å²) < 4.78 is 24.9. The van der Waals surface area contributed by atoms with E-state index in [-0.39, 0.29) is 36.0 Å². The fraction of sp³-hybridized carbons (Fsp3) is 0.643. The van der Waals surface area contributed by atoms with Crippen LogP contribution in [-0.2, 0) is 9.84 Å². The molecule has 2 aliphatic rings. The highest BCUT2D eigenvalue weighted by Crippen LogP contribution is 2.30. The molecule has 0 radical (unpaired) electrons. The number of carbonyl (C=O) groups excluding carboxylic acids is 1. The van der Waals surface area contributed by atoms with Gasteiger partial charge in [0.05, 0.1) is 35.4 Å². The molecule has 1 aromatic rings. The smallest absolute Gasteiger partial charge is 0.258 e. The molecule has 0 N–H and O–H groups in total. The largest absolute Gasteiger partial charge is 0.322 e. The lowest BCUT2D eigenvalue weighted by Gasteiger charge is -2.19. The first-order valence-corrected chi connectivity index (χ1v) is 9.17. The van der Waals surface area contributed by atoms with Crippen molar-refractivity contribution in [3.63, 3.8) is 0 Å². The van der Waals surface area contributed by atoms with Crippen molar-refractivity contribution in [2.24, 2.45) is 0 Å². The molecule has 8 heteroatoms. The fourth-order valence-corrected chi connectivity index (χ4v) is 4.65. The van der Waals surface area contributed by atoms with Crippen molar-refractivity contribution in [1.82, 2.24) is 14.7 Å². The Hall–Kier alpha value is -1.88. The molecule has 22 heavy (non-hydrogen) atoms. The minimum Gasteiger partial charge on any atom is -0.322 e. The van der Waals surface area contributed by atoms with Gasteiger partial charge in [-0.05, 0) is 26.2 Å². The second kappa shape index (κ2) is 5.39. The summed E-state index contributed by atoms with van der Waals surface area (Å²) in [6.45, 7) is 1.86. The molecule has 2 fully saturated rings. The summed E-state index contributed by atoms with van der Waals surface area (Å²) in [7, 11) is -3.00. The Morgan fingerprint density at radius 3 is 2.77 bits per heavy atom. The average molecular weight is 322 g/mol. The molecular weight excluding hydrogens is 304 g/mol. The van der Waals surface area contributed by atoms with Gasteiger partial charge in [0, 0.05) is 11.7 Å². The molecule has 1 unspecified atom stereocenters. The molecule has 1 saturated heterocycles. The molecule has 2 heterocycles. The Morgan fingerprint density at radius 2 is 2.23 bits per heavy atom. The van der Waals surface area contributed by atoms with E-state index in [1.807, 2.05) is 6.07 Å². The Kier molecular flexibility index (Phi) is 3.68. The number of rotatable bonds is 4. The van der Waals surface area contributed by atoms with Crippen molar-refractivity contribution in [1.29, 1.82) is 5.26 Å². The number of sulfone groups is 1. The maximum atomic E-state index is 12.6. The van der Waals surface area contributed by atoms with E-state index in [2.05, 4.69) is 5.10 Å². The molecule has 1 amide bonds. The third-order valence-corrected chi connectivity index (χ3v) is 6.07. The van der Waals surface area contributed by atoms with Crippen LogP contribution in [0, 0.1) is 18.3 Å². The summed E-state index contributed by atoms with van der Waals surface area (Å²) in [4.78, 5) is 14.2. The summed E-state index contributed by atoms with van der Waals surface area (Å²) in [5.74, 6) is 0.0602. The highest BCUT2D eigenvalue weighted by Gasteiger charge is 2.35. The third-order valence-electron chi connectivity index (χ3n) is 4.32. The fourth-order valence-electron chi connectivity index (χ4n) is 2.95. The molecule has 7 nitrogen and oxygen atoms in total. The summed E-state index contributed by atoms with van der Waals surface area (Å²) in [5.41, 5.74) is 1.14. The molecular formula is C14H18N4O3S. The zero-order valence-corrected chi connectivity index (χ0v) is 13.2. The Bertz CT molecular complexity index is 743. The van der Waals surface area contributed by atoms with Gasteiger partial charge in [0.1, 0.15) is 6.54 Å². The standard InChI is InChI=1S/C14H18N4O3S/c1-10-13(14(19)17(6-5-15)11-2-3-11)8-16-18(10)12-4-7-22(20,21)9-12/h8,11-12H,2-4,6-7,9H2,1H3. The van der Waals surface area contributed by atoms with Gasteiger partial charge >= 0.3 is 0 Å². The minimum atomic E-state index is -3.00. The lowest BCUT2D eigenvalue weighted by molar-refractivity contribution is 0.0764. The van der Waals surface area contributed by atoms with Crippen LogP contribution in [0.2, 0.25) is 0 Å². The molecule has 0 bridgehead atoms. The first-order chi connectivity index (χ1) is 10.4. The van der Waals surface area contributed by atoms with Crippen molar-refractivity contribution < 1.29 is 13.2 Å². The first kappa shape index (κ1) is 15.0. The van der Waals surface area contributed by atoms with Crippen LogP contribution < -0.4 is 0 Å². The average Bonchev–Trinajstić information content (AvgIpc) is 3.14. The quantitative estimate of drug-likeness (QED) is 0.760. The zero-order valence-electron chi connectivity index (χ0n) is 12.4. The van der Waals surface area contributed by atoms with Crippen molar-refractivity contribution in [3.8, 4) is 6.07 Å². The van der Waals surface area contributed by atoms with E-state index in [0.717, 1.165) is 12.8 Å². The van der Waals surface area contributed by atoms with Crippen LogP contribution >= 0.6 is 0 Å². The number of carbonyl (C=O) groups is 1. The van der Waals surface area contributed by atoms with Crippen molar-refractivity contribution in [3.05, 3.63) is 17.5 Å². The number of nitrogens with zero attached hydrogens (tertiary/aromatic N) is 4. The lowest BCUT2D eigenvalue weighted by Crippen LogP contribution is -2.33. The summed E-state index contributed by atoms with van der Waals surface area (Å²) >= 11 is 0. The molecule has 118 valence electrons. The maximum absolute atomic E-state index is 12.6. The lowest BCUT2D eigenvalue weighted by atomic mass is 10.2. The minimum absolute atomic E-state index is 0.0753. The van der Waals surface area contributed by atoms with Crippen LogP contribution in [-0.4, -0.2) is 53.1 Å². The van der Waals surface area contributed by atoms with Gasteiger partial charge < -0.3 is 4.90 Å². The molecule has 1 aliphatic carbocycles. The zero-order chi connectivity index (χ0) is 15.9. The van der Waals surface area contributed by atoms with Crippen molar-refractivity contribution in [2.75, 3.05) is 18.1 Å². The van der Waals surface area contributed by atoms with E-state index in [9.17, 15) is 13.2 Å². The van der Waals surface area contributed by atoms with Crippen LogP contribution in [0.15, 0.2) is 6.20 Å². The van der Waals surface area contributed by atoms with E-state index in [0.29, 0.717) is 17.7 Å². The van der Waals surface area contributed by atoms with Gasteiger partial charge in [-0.2, -0.15) is 10.4 Å². The number of amides is 1. The molecule has 3 rings (SSSR count). The number of aromatic nitrogens is 2. The van der Waals surface area contributed by atoms with Crippen LogP contribution in [0.25, 0.3) is 0 Å².